The molecule has 1 fully saturated rings. The number of nitrogens with zero attached hydrogens (tertiary/aromatic N) is 1. The Labute approximate surface area is 97.0 Å². The quantitative estimate of drug-likeness (QED) is 0.713. The summed E-state index contributed by atoms with van der Waals surface area (Å²) in [4.78, 5) is 2.48. The Bertz CT molecular complexity index is 286. The van der Waals surface area contributed by atoms with E-state index in [1.165, 1.54) is 24.9 Å². The highest BCUT2D eigenvalue weighted by Gasteiger charge is 2.16. The van der Waals surface area contributed by atoms with E-state index in [1.54, 1.807) is 0 Å². The number of rotatable bonds is 3. The van der Waals surface area contributed by atoms with E-state index in [2.05, 4.69) is 35.2 Å². The summed E-state index contributed by atoms with van der Waals surface area (Å²) in [7, 11) is 0. The molecule has 0 unspecified atom stereocenters. The molecule has 2 heteroatoms. The van der Waals surface area contributed by atoms with E-state index in [-0.39, 0.29) is 0 Å². The lowest BCUT2D eigenvalue weighted by Gasteiger charge is -2.29. The highest BCUT2D eigenvalue weighted by atomic mass is 35.5. The first-order chi connectivity index (χ1) is 7.34. The molecule has 0 amide bonds. The van der Waals surface area contributed by atoms with Crippen LogP contribution in [0.2, 0.25) is 0 Å². The fraction of sp³-hybridized carbons (Fsp3) is 0.538. The van der Waals surface area contributed by atoms with E-state index in [1.807, 2.05) is 0 Å². The highest BCUT2D eigenvalue weighted by molar-refractivity contribution is 6.20. The predicted molar refractivity (Wildman–Crippen MR) is 65.5 cm³/mol. The lowest BCUT2D eigenvalue weighted by atomic mass is 10.1. The molecule has 2 rings (SSSR count). The normalized spacial score (nSPS) is 22.9. The lowest BCUT2D eigenvalue weighted by molar-refractivity contribution is 0.235. The van der Waals surface area contributed by atoms with Crippen LogP contribution in [0.3, 0.4) is 0 Å². The van der Waals surface area contributed by atoms with Crippen LogP contribution in [-0.4, -0.2) is 29.9 Å². The molecule has 1 aliphatic heterocycles. The number of hydrogen-bond donors (Lipinski definition) is 0. The zero-order chi connectivity index (χ0) is 10.5. The van der Waals surface area contributed by atoms with Gasteiger partial charge in [0.15, 0.2) is 0 Å². The number of halogens is 1. The van der Waals surface area contributed by atoms with Crippen molar-refractivity contribution in [3.8, 4) is 0 Å². The Morgan fingerprint density at radius 3 is 2.80 bits per heavy atom. The fourth-order valence-corrected chi connectivity index (χ4v) is 2.48. The summed E-state index contributed by atoms with van der Waals surface area (Å²) in [6, 6.07) is 10.7. The Morgan fingerprint density at radius 2 is 2.07 bits per heavy atom. The monoisotopic (exact) mass is 223 g/mol. The second-order valence-corrected chi connectivity index (χ2v) is 4.89. The van der Waals surface area contributed by atoms with Crippen LogP contribution in [0.25, 0.3) is 0 Å². The van der Waals surface area contributed by atoms with Crippen molar-refractivity contribution in [3.05, 3.63) is 35.9 Å². The molecule has 82 valence electrons. The maximum Gasteiger partial charge on any atom is 0.0463 e. The number of likely N-dealkylation sites (tertiary alicyclic amines) is 1. The molecular formula is C13H18ClN. The average Bonchev–Trinajstić information content (AvgIpc) is 2.28. The molecule has 1 aromatic rings. The predicted octanol–water partition coefficient (Wildman–Crippen LogP) is 2.93. The number of piperidine rings is 1. The summed E-state index contributed by atoms with van der Waals surface area (Å²) >= 11 is 6.15. The van der Waals surface area contributed by atoms with E-state index < -0.39 is 0 Å². The first kappa shape index (κ1) is 11.0. The first-order valence-corrected chi connectivity index (χ1v) is 6.18. The summed E-state index contributed by atoms with van der Waals surface area (Å²) in [6.07, 6.45) is 3.58. The van der Waals surface area contributed by atoms with E-state index in [0.29, 0.717) is 5.38 Å². The Balaban J connectivity index is 1.78. The van der Waals surface area contributed by atoms with Gasteiger partial charge in [0, 0.05) is 18.5 Å². The molecule has 15 heavy (non-hydrogen) atoms. The van der Waals surface area contributed by atoms with Crippen molar-refractivity contribution in [1.82, 2.24) is 4.90 Å². The molecule has 1 saturated heterocycles. The second kappa shape index (κ2) is 5.53. The molecule has 0 spiro atoms. The summed E-state index contributed by atoms with van der Waals surface area (Å²) in [5.41, 5.74) is 1.43. The second-order valence-electron chi connectivity index (χ2n) is 4.28. The van der Waals surface area contributed by atoms with Crippen molar-refractivity contribution in [3.63, 3.8) is 0 Å². The van der Waals surface area contributed by atoms with E-state index in [4.69, 9.17) is 11.6 Å². The van der Waals surface area contributed by atoms with Crippen LogP contribution in [0.15, 0.2) is 30.3 Å². The third kappa shape index (κ3) is 3.51. The summed E-state index contributed by atoms with van der Waals surface area (Å²) < 4.78 is 0. The lowest BCUT2D eigenvalue weighted by Crippen LogP contribution is -2.37. The van der Waals surface area contributed by atoms with Gasteiger partial charge in [0.1, 0.15) is 0 Å². The minimum atomic E-state index is 0.370. The van der Waals surface area contributed by atoms with Crippen molar-refractivity contribution in [2.24, 2.45) is 0 Å². The summed E-state index contributed by atoms with van der Waals surface area (Å²) in [5, 5.41) is 0.370. The van der Waals surface area contributed by atoms with Crippen LogP contribution in [-0.2, 0) is 6.42 Å². The van der Waals surface area contributed by atoms with Crippen LogP contribution < -0.4 is 0 Å². The molecule has 1 atom stereocenters. The molecule has 0 aromatic heterocycles. The smallest absolute Gasteiger partial charge is 0.0463 e. The minimum Gasteiger partial charge on any atom is -0.302 e. The molecule has 1 aromatic carbocycles. The van der Waals surface area contributed by atoms with Gasteiger partial charge in [-0.15, -0.1) is 11.6 Å². The maximum absolute atomic E-state index is 6.15. The molecule has 0 bridgehead atoms. The molecule has 0 aliphatic carbocycles. The standard InChI is InChI=1S/C13H18ClN/c14-13-7-4-9-15(11-13)10-8-12-5-2-1-3-6-12/h1-3,5-6,13H,4,7-11H2/t13-/m0/s1. The van der Waals surface area contributed by atoms with Crippen LogP contribution >= 0.6 is 11.6 Å². The van der Waals surface area contributed by atoms with Crippen LogP contribution in [0.5, 0.6) is 0 Å². The third-order valence-electron chi connectivity index (χ3n) is 3.01. The highest BCUT2D eigenvalue weighted by Crippen LogP contribution is 2.15. The summed E-state index contributed by atoms with van der Waals surface area (Å²) in [6.45, 7) is 3.43. The van der Waals surface area contributed by atoms with Gasteiger partial charge in [-0.2, -0.15) is 0 Å². The van der Waals surface area contributed by atoms with Gasteiger partial charge in [0.05, 0.1) is 0 Å². The number of alkyl halides is 1. The molecule has 0 N–H and O–H groups in total. The number of hydrogen-bond acceptors (Lipinski definition) is 1. The zero-order valence-corrected chi connectivity index (χ0v) is 9.79. The molecule has 0 saturated carbocycles. The molecule has 0 radical (unpaired) electrons. The molecule has 1 heterocycles. The fourth-order valence-electron chi connectivity index (χ4n) is 2.13. The number of benzene rings is 1. The first-order valence-electron chi connectivity index (χ1n) is 5.75. The third-order valence-corrected chi connectivity index (χ3v) is 3.36. The molecule has 1 aliphatic rings. The SMILES string of the molecule is Cl[C@H]1CCCN(CCc2ccccc2)C1. The van der Waals surface area contributed by atoms with Gasteiger partial charge in [-0.3, -0.25) is 0 Å². The molecule has 1 nitrogen and oxygen atoms in total. The maximum atomic E-state index is 6.15. The Morgan fingerprint density at radius 1 is 1.27 bits per heavy atom. The Hall–Kier alpha value is -0.530. The van der Waals surface area contributed by atoms with Gasteiger partial charge < -0.3 is 4.90 Å². The topological polar surface area (TPSA) is 3.24 Å². The zero-order valence-electron chi connectivity index (χ0n) is 9.03. The van der Waals surface area contributed by atoms with Crippen LogP contribution in [0.4, 0.5) is 0 Å². The summed E-state index contributed by atoms with van der Waals surface area (Å²) in [5.74, 6) is 0. The minimum absolute atomic E-state index is 0.370. The van der Waals surface area contributed by atoms with Gasteiger partial charge in [0.25, 0.3) is 0 Å². The van der Waals surface area contributed by atoms with E-state index >= 15 is 0 Å². The largest absolute Gasteiger partial charge is 0.302 e. The van der Waals surface area contributed by atoms with Crippen LogP contribution in [0.1, 0.15) is 18.4 Å². The van der Waals surface area contributed by atoms with Gasteiger partial charge in [0.2, 0.25) is 0 Å². The van der Waals surface area contributed by atoms with Crippen molar-refractivity contribution in [1.29, 1.82) is 0 Å². The van der Waals surface area contributed by atoms with Gasteiger partial charge >= 0.3 is 0 Å². The van der Waals surface area contributed by atoms with E-state index in [9.17, 15) is 0 Å². The average molecular weight is 224 g/mol. The van der Waals surface area contributed by atoms with E-state index in [0.717, 1.165) is 19.5 Å². The van der Waals surface area contributed by atoms with Gasteiger partial charge in [-0.05, 0) is 31.4 Å². The van der Waals surface area contributed by atoms with Crippen LogP contribution in [0, 0.1) is 0 Å². The van der Waals surface area contributed by atoms with Crippen molar-refractivity contribution < 1.29 is 0 Å². The van der Waals surface area contributed by atoms with Gasteiger partial charge in [-0.1, -0.05) is 30.3 Å². The Kier molecular flexibility index (Phi) is 4.04. The molecular weight excluding hydrogens is 206 g/mol. The van der Waals surface area contributed by atoms with Crippen molar-refractivity contribution in [2.75, 3.05) is 19.6 Å². The van der Waals surface area contributed by atoms with Crippen molar-refractivity contribution >= 4 is 11.6 Å². The van der Waals surface area contributed by atoms with Gasteiger partial charge in [-0.25, -0.2) is 0 Å². The van der Waals surface area contributed by atoms with Crippen molar-refractivity contribution in [2.45, 2.75) is 24.6 Å².